The highest BCUT2D eigenvalue weighted by atomic mass is 16.6. The fourth-order valence-electron chi connectivity index (χ4n) is 2.05. The molecule has 1 amide bonds. The lowest BCUT2D eigenvalue weighted by Crippen LogP contribution is -2.24. The average Bonchev–Trinajstić information content (AvgIpc) is 2.67. The van der Waals surface area contributed by atoms with Gasteiger partial charge in [-0.3, -0.25) is 4.79 Å². The lowest BCUT2D eigenvalue weighted by atomic mass is 10.2. The number of carbonyl (C=O) groups is 2. The molecule has 0 aliphatic heterocycles. The van der Waals surface area contributed by atoms with E-state index in [-0.39, 0.29) is 13.2 Å². The summed E-state index contributed by atoms with van der Waals surface area (Å²) in [5.41, 5.74) is 4.11. The molecule has 2 rings (SSSR count). The van der Waals surface area contributed by atoms with Crippen molar-refractivity contribution in [1.82, 2.24) is 5.43 Å². The summed E-state index contributed by atoms with van der Waals surface area (Å²) in [6.45, 7) is 3.64. The first-order chi connectivity index (χ1) is 13.1. The maximum atomic E-state index is 11.8. The van der Waals surface area contributed by atoms with Crippen LogP contribution >= 0.6 is 0 Å². The van der Waals surface area contributed by atoms with E-state index in [2.05, 4.69) is 10.5 Å². The predicted molar refractivity (Wildman–Crippen MR) is 101 cm³/mol. The van der Waals surface area contributed by atoms with E-state index in [0.29, 0.717) is 23.7 Å². The first-order valence-electron chi connectivity index (χ1n) is 8.47. The lowest BCUT2D eigenvalue weighted by molar-refractivity contribution is -0.145. The third-order valence-corrected chi connectivity index (χ3v) is 3.35. The molecule has 0 fully saturated rings. The lowest BCUT2D eigenvalue weighted by Gasteiger charge is -2.08. The van der Waals surface area contributed by atoms with Crippen LogP contribution in [0.1, 0.15) is 18.1 Å². The first-order valence-corrected chi connectivity index (χ1v) is 8.47. The zero-order chi connectivity index (χ0) is 19.5. The predicted octanol–water partition coefficient (Wildman–Crippen LogP) is 2.47. The molecule has 7 heteroatoms. The van der Waals surface area contributed by atoms with Crippen LogP contribution in [0.25, 0.3) is 0 Å². The zero-order valence-electron chi connectivity index (χ0n) is 15.3. The van der Waals surface area contributed by atoms with E-state index < -0.39 is 11.9 Å². The Hall–Kier alpha value is -3.35. The molecule has 0 atom stereocenters. The van der Waals surface area contributed by atoms with Gasteiger partial charge in [0.15, 0.2) is 13.2 Å². The number of amides is 1. The highest BCUT2D eigenvalue weighted by Crippen LogP contribution is 2.15. The quantitative estimate of drug-likeness (QED) is 0.416. The number of benzene rings is 2. The number of esters is 1. The Morgan fingerprint density at radius 1 is 1.04 bits per heavy atom. The number of hydrazone groups is 1. The fourth-order valence-corrected chi connectivity index (χ4v) is 2.05. The molecule has 0 unspecified atom stereocenters. The van der Waals surface area contributed by atoms with Crippen LogP contribution in [0.2, 0.25) is 0 Å². The van der Waals surface area contributed by atoms with Crippen molar-refractivity contribution in [3.05, 3.63) is 59.7 Å². The Morgan fingerprint density at radius 3 is 2.52 bits per heavy atom. The van der Waals surface area contributed by atoms with Gasteiger partial charge < -0.3 is 14.2 Å². The van der Waals surface area contributed by atoms with E-state index in [9.17, 15) is 9.59 Å². The van der Waals surface area contributed by atoms with Crippen molar-refractivity contribution in [2.24, 2.45) is 5.10 Å². The van der Waals surface area contributed by atoms with Crippen LogP contribution in [-0.2, 0) is 14.3 Å². The largest absolute Gasteiger partial charge is 0.484 e. The van der Waals surface area contributed by atoms with Gasteiger partial charge in [0.05, 0.1) is 12.8 Å². The molecular weight excluding hydrogens is 348 g/mol. The summed E-state index contributed by atoms with van der Waals surface area (Å²) in [6.07, 6.45) is 1.43. The second-order valence-electron chi connectivity index (χ2n) is 5.53. The number of nitrogens with one attached hydrogen (secondary N) is 1. The van der Waals surface area contributed by atoms with Gasteiger partial charge >= 0.3 is 5.97 Å². The average molecular weight is 370 g/mol. The Bertz CT molecular complexity index is 787. The molecule has 0 aliphatic carbocycles. The topological polar surface area (TPSA) is 86.2 Å². The van der Waals surface area contributed by atoms with Gasteiger partial charge in [0.1, 0.15) is 11.5 Å². The molecule has 0 bridgehead atoms. The molecule has 27 heavy (non-hydrogen) atoms. The summed E-state index contributed by atoms with van der Waals surface area (Å²) in [7, 11) is 0. The van der Waals surface area contributed by atoms with E-state index >= 15 is 0 Å². The van der Waals surface area contributed by atoms with Crippen LogP contribution < -0.4 is 14.9 Å². The van der Waals surface area contributed by atoms with Gasteiger partial charge in [0.2, 0.25) is 0 Å². The molecule has 0 spiro atoms. The van der Waals surface area contributed by atoms with Gasteiger partial charge in [-0.1, -0.05) is 29.8 Å². The number of rotatable bonds is 9. The molecule has 0 radical (unpaired) electrons. The minimum atomic E-state index is -0.453. The monoisotopic (exact) mass is 370 g/mol. The number of nitrogens with zero attached hydrogens (tertiary/aromatic N) is 1. The van der Waals surface area contributed by atoms with Crippen molar-refractivity contribution in [1.29, 1.82) is 0 Å². The van der Waals surface area contributed by atoms with Gasteiger partial charge in [-0.25, -0.2) is 10.2 Å². The van der Waals surface area contributed by atoms with E-state index in [1.54, 1.807) is 43.3 Å². The molecule has 7 nitrogen and oxygen atoms in total. The fraction of sp³-hybridized carbons (Fsp3) is 0.250. The van der Waals surface area contributed by atoms with E-state index in [4.69, 9.17) is 14.2 Å². The SMILES string of the molecule is CCOC(=O)COc1ccccc1/C=N/NC(=O)COc1ccc(C)cc1. The highest BCUT2D eigenvalue weighted by Gasteiger charge is 2.06. The Morgan fingerprint density at radius 2 is 1.78 bits per heavy atom. The summed E-state index contributed by atoms with van der Waals surface area (Å²) in [5, 5.41) is 3.89. The molecule has 142 valence electrons. The highest BCUT2D eigenvalue weighted by molar-refractivity contribution is 5.85. The minimum absolute atomic E-state index is 0.151. The number of ether oxygens (including phenoxy) is 3. The summed E-state index contributed by atoms with van der Waals surface area (Å²) in [4.78, 5) is 23.2. The van der Waals surface area contributed by atoms with Crippen molar-refractivity contribution in [2.75, 3.05) is 19.8 Å². The van der Waals surface area contributed by atoms with E-state index in [1.165, 1.54) is 6.21 Å². The molecule has 0 aromatic heterocycles. The maximum absolute atomic E-state index is 11.8. The first kappa shape index (κ1) is 20.0. The standard InChI is InChI=1S/C20H22N2O5/c1-3-25-20(24)14-27-18-7-5-4-6-16(18)12-21-22-19(23)13-26-17-10-8-15(2)9-11-17/h4-12H,3,13-14H2,1-2H3,(H,22,23)/b21-12+. The Kier molecular flexibility index (Phi) is 7.84. The van der Waals surface area contributed by atoms with Crippen molar-refractivity contribution in [3.63, 3.8) is 0 Å². The molecule has 0 aliphatic rings. The number of hydrogen-bond acceptors (Lipinski definition) is 6. The smallest absolute Gasteiger partial charge is 0.344 e. The van der Waals surface area contributed by atoms with Crippen LogP contribution in [0.4, 0.5) is 0 Å². The summed E-state index contributed by atoms with van der Waals surface area (Å²) >= 11 is 0. The van der Waals surface area contributed by atoms with Gasteiger partial charge in [0, 0.05) is 5.56 Å². The summed E-state index contributed by atoms with van der Waals surface area (Å²) in [6, 6.07) is 14.4. The number of para-hydroxylation sites is 1. The maximum Gasteiger partial charge on any atom is 0.344 e. The third-order valence-electron chi connectivity index (χ3n) is 3.35. The third kappa shape index (κ3) is 7.19. The van der Waals surface area contributed by atoms with Gasteiger partial charge in [-0.05, 0) is 38.1 Å². The van der Waals surface area contributed by atoms with Crippen molar-refractivity contribution < 1.29 is 23.8 Å². The van der Waals surface area contributed by atoms with Crippen LogP contribution in [0.5, 0.6) is 11.5 Å². The summed E-state index contributed by atoms with van der Waals surface area (Å²) in [5.74, 6) is 0.222. The molecule has 0 saturated heterocycles. The second-order valence-corrected chi connectivity index (χ2v) is 5.53. The van der Waals surface area contributed by atoms with Gasteiger partial charge in [-0.2, -0.15) is 5.10 Å². The van der Waals surface area contributed by atoms with Crippen molar-refractivity contribution in [3.8, 4) is 11.5 Å². The Labute approximate surface area is 157 Å². The van der Waals surface area contributed by atoms with E-state index in [1.807, 2.05) is 19.1 Å². The number of hydrogen-bond donors (Lipinski definition) is 1. The summed E-state index contributed by atoms with van der Waals surface area (Å²) < 4.78 is 15.6. The minimum Gasteiger partial charge on any atom is -0.484 e. The van der Waals surface area contributed by atoms with Crippen LogP contribution in [0, 0.1) is 6.92 Å². The zero-order valence-corrected chi connectivity index (χ0v) is 15.3. The molecular formula is C20H22N2O5. The van der Waals surface area contributed by atoms with Crippen LogP contribution in [0.15, 0.2) is 53.6 Å². The van der Waals surface area contributed by atoms with Crippen molar-refractivity contribution in [2.45, 2.75) is 13.8 Å². The van der Waals surface area contributed by atoms with Gasteiger partial charge in [0.25, 0.3) is 5.91 Å². The Balaban J connectivity index is 1.83. The number of aryl methyl sites for hydroxylation is 1. The van der Waals surface area contributed by atoms with Gasteiger partial charge in [-0.15, -0.1) is 0 Å². The second kappa shape index (κ2) is 10.6. The molecule has 0 heterocycles. The molecule has 1 N–H and O–H groups in total. The van der Waals surface area contributed by atoms with Crippen molar-refractivity contribution >= 4 is 18.1 Å². The number of carbonyl (C=O) groups excluding carboxylic acids is 2. The normalized spacial score (nSPS) is 10.4. The van der Waals surface area contributed by atoms with E-state index in [0.717, 1.165) is 5.56 Å². The molecule has 2 aromatic carbocycles. The molecule has 2 aromatic rings. The van der Waals surface area contributed by atoms with Crippen LogP contribution in [0.3, 0.4) is 0 Å². The van der Waals surface area contributed by atoms with Crippen LogP contribution in [-0.4, -0.2) is 37.9 Å². The molecule has 0 saturated carbocycles.